The second-order valence-electron chi connectivity index (χ2n) is 6.21. The van der Waals surface area contributed by atoms with Gasteiger partial charge in [-0.15, -0.1) is 0 Å². The minimum atomic E-state index is 0.429. The van der Waals surface area contributed by atoms with Gasteiger partial charge in [0, 0.05) is 12.3 Å². The summed E-state index contributed by atoms with van der Waals surface area (Å²) in [5.41, 5.74) is 1.43. The zero-order valence-electron chi connectivity index (χ0n) is 13.1. The smallest absolute Gasteiger partial charge is 0.0490 e. The Balaban J connectivity index is 2.54. The number of aliphatic imine (C=N–C) groups is 1. The van der Waals surface area contributed by atoms with Crippen LogP contribution in [0.2, 0.25) is 0 Å². The molecule has 1 heteroatoms. The summed E-state index contributed by atoms with van der Waals surface area (Å²) in [4.78, 5) is 4.73. The van der Waals surface area contributed by atoms with Gasteiger partial charge in [-0.05, 0) is 43.1 Å². The van der Waals surface area contributed by atoms with Crippen LogP contribution in [0.15, 0.2) is 35.3 Å². The fraction of sp³-hybridized carbons (Fsp3) is 0.611. The third kappa shape index (κ3) is 6.04. The lowest BCUT2D eigenvalue weighted by molar-refractivity contribution is 0.463. The van der Waals surface area contributed by atoms with Crippen molar-refractivity contribution in [3.8, 4) is 0 Å². The number of aryl methyl sites for hydroxylation is 1. The molecule has 0 fully saturated rings. The largest absolute Gasteiger partial charge is 0.294 e. The van der Waals surface area contributed by atoms with Crippen LogP contribution in [0.1, 0.15) is 46.6 Å². The van der Waals surface area contributed by atoms with Crippen LogP contribution < -0.4 is 0 Å². The van der Waals surface area contributed by atoms with Crippen LogP contribution >= 0.6 is 0 Å². The SMILES string of the molecule is CC(C)C(/C=N/C(C)C(C)C)CCc1ccccc1. The van der Waals surface area contributed by atoms with Crippen molar-refractivity contribution in [3.05, 3.63) is 35.9 Å². The van der Waals surface area contributed by atoms with E-state index >= 15 is 0 Å². The van der Waals surface area contributed by atoms with E-state index in [9.17, 15) is 0 Å². The van der Waals surface area contributed by atoms with Crippen LogP contribution in [0.3, 0.4) is 0 Å². The van der Waals surface area contributed by atoms with Gasteiger partial charge in [0.2, 0.25) is 0 Å². The molecule has 0 aliphatic carbocycles. The van der Waals surface area contributed by atoms with E-state index in [1.807, 2.05) is 0 Å². The summed E-state index contributed by atoms with van der Waals surface area (Å²) >= 11 is 0. The molecule has 0 radical (unpaired) electrons. The molecule has 1 rings (SSSR count). The van der Waals surface area contributed by atoms with Crippen molar-refractivity contribution >= 4 is 6.21 Å². The molecule has 106 valence electrons. The second-order valence-corrected chi connectivity index (χ2v) is 6.21. The summed E-state index contributed by atoms with van der Waals surface area (Å²) < 4.78 is 0. The molecule has 0 spiro atoms. The van der Waals surface area contributed by atoms with E-state index in [0.717, 1.165) is 6.42 Å². The molecule has 19 heavy (non-hydrogen) atoms. The topological polar surface area (TPSA) is 12.4 Å². The number of benzene rings is 1. The molecular formula is C18H29N. The molecule has 1 nitrogen and oxygen atoms in total. The lowest BCUT2D eigenvalue weighted by Gasteiger charge is -2.18. The average molecular weight is 259 g/mol. The van der Waals surface area contributed by atoms with Gasteiger partial charge in [0.1, 0.15) is 0 Å². The molecule has 0 aromatic heterocycles. The fourth-order valence-corrected chi connectivity index (χ4v) is 1.98. The Morgan fingerprint density at radius 1 is 0.947 bits per heavy atom. The molecule has 1 aromatic rings. The summed E-state index contributed by atoms with van der Waals surface area (Å²) in [6, 6.07) is 11.2. The number of rotatable bonds is 7. The first kappa shape index (κ1) is 15.9. The zero-order valence-corrected chi connectivity index (χ0v) is 13.1. The van der Waals surface area contributed by atoms with E-state index in [1.54, 1.807) is 0 Å². The highest BCUT2D eigenvalue weighted by Crippen LogP contribution is 2.17. The maximum atomic E-state index is 4.73. The van der Waals surface area contributed by atoms with Crippen LogP contribution in [0.25, 0.3) is 0 Å². The lowest BCUT2D eigenvalue weighted by atomic mass is 9.90. The van der Waals surface area contributed by atoms with E-state index < -0.39 is 0 Å². The highest BCUT2D eigenvalue weighted by Gasteiger charge is 2.12. The van der Waals surface area contributed by atoms with Crippen molar-refractivity contribution in [1.29, 1.82) is 0 Å². The molecule has 2 unspecified atom stereocenters. The van der Waals surface area contributed by atoms with Gasteiger partial charge < -0.3 is 0 Å². The average Bonchev–Trinajstić information content (AvgIpc) is 2.39. The molecule has 2 atom stereocenters. The first-order chi connectivity index (χ1) is 9.00. The van der Waals surface area contributed by atoms with Gasteiger partial charge in [-0.3, -0.25) is 4.99 Å². The third-order valence-corrected chi connectivity index (χ3v) is 3.94. The third-order valence-electron chi connectivity index (χ3n) is 3.94. The van der Waals surface area contributed by atoms with Crippen LogP contribution in [0, 0.1) is 17.8 Å². The molecule has 0 saturated heterocycles. The summed E-state index contributed by atoms with van der Waals surface area (Å²) in [6.45, 7) is 11.3. The van der Waals surface area contributed by atoms with Crippen molar-refractivity contribution in [2.75, 3.05) is 0 Å². The first-order valence-electron chi connectivity index (χ1n) is 7.58. The van der Waals surface area contributed by atoms with Gasteiger partial charge in [0.25, 0.3) is 0 Å². The Labute approximate surface area is 119 Å². The van der Waals surface area contributed by atoms with Crippen LogP contribution in [0.5, 0.6) is 0 Å². The Morgan fingerprint density at radius 2 is 1.58 bits per heavy atom. The minimum absolute atomic E-state index is 0.429. The van der Waals surface area contributed by atoms with Gasteiger partial charge in [-0.1, -0.05) is 58.0 Å². The zero-order chi connectivity index (χ0) is 14.3. The molecule has 0 heterocycles. The molecule has 0 aliphatic heterocycles. The van der Waals surface area contributed by atoms with Crippen molar-refractivity contribution in [1.82, 2.24) is 0 Å². The van der Waals surface area contributed by atoms with E-state index in [2.05, 4.69) is 71.2 Å². The molecule has 0 aliphatic rings. The predicted octanol–water partition coefficient (Wildman–Crippen LogP) is 5.01. The Morgan fingerprint density at radius 3 is 2.11 bits per heavy atom. The summed E-state index contributed by atoms with van der Waals surface area (Å²) in [6.07, 6.45) is 4.54. The van der Waals surface area contributed by atoms with Crippen LogP contribution in [-0.4, -0.2) is 12.3 Å². The van der Waals surface area contributed by atoms with Gasteiger partial charge in [-0.25, -0.2) is 0 Å². The highest BCUT2D eigenvalue weighted by atomic mass is 14.8. The quantitative estimate of drug-likeness (QED) is 0.611. The summed E-state index contributed by atoms with van der Waals surface area (Å²) in [7, 11) is 0. The van der Waals surface area contributed by atoms with E-state index in [1.165, 1.54) is 12.0 Å². The van der Waals surface area contributed by atoms with Crippen molar-refractivity contribution in [2.45, 2.75) is 53.5 Å². The molecule has 0 saturated carbocycles. The highest BCUT2D eigenvalue weighted by molar-refractivity contribution is 5.61. The Kier molecular flexibility index (Phi) is 6.83. The second kappa shape index (κ2) is 8.14. The molecule has 0 bridgehead atoms. The fourth-order valence-electron chi connectivity index (χ4n) is 1.98. The Bertz CT molecular complexity index is 365. The molecule has 1 aromatic carbocycles. The number of nitrogens with zero attached hydrogens (tertiary/aromatic N) is 1. The molecule has 0 amide bonds. The summed E-state index contributed by atoms with van der Waals surface area (Å²) in [5.74, 6) is 1.87. The Hall–Kier alpha value is -1.11. The van der Waals surface area contributed by atoms with Crippen molar-refractivity contribution < 1.29 is 0 Å². The molecule has 0 N–H and O–H groups in total. The predicted molar refractivity (Wildman–Crippen MR) is 85.9 cm³/mol. The monoisotopic (exact) mass is 259 g/mol. The van der Waals surface area contributed by atoms with Crippen molar-refractivity contribution in [2.24, 2.45) is 22.7 Å². The normalized spacial score (nSPS) is 15.3. The van der Waals surface area contributed by atoms with Gasteiger partial charge >= 0.3 is 0 Å². The van der Waals surface area contributed by atoms with E-state index in [-0.39, 0.29) is 0 Å². The van der Waals surface area contributed by atoms with E-state index in [4.69, 9.17) is 4.99 Å². The van der Waals surface area contributed by atoms with E-state index in [0.29, 0.717) is 23.8 Å². The van der Waals surface area contributed by atoms with Crippen LogP contribution in [0.4, 0.5) is 0 Å². The standard InChI is InChI=1S/C18H29N/c1-14(2)16(5)19-13-18(15(3)4)12-11-17-9-7-6-8-10-17/h6-10,13-16,18H,11-12H2,1-5H3/b19-13+. The molecular weight excluding hydrogens is 230 g/mol. The summed E-state index contributed by atoms with van der Waals surface area (Å²) in [5, 5.41) is 0. The first-order valence-corrected chi connectivity index (χ1v) is 7.58. The lowest BCUT2D eigenvalue weighted by Crippen LogP contribution is -2.15. The minimum Gasteiger partial charge on any atom is -0.294 e. The van der Waals surface area contributed by atoms with Crippen molar-refractivity contribution in [3.63, 3.8) is 0 Å². The maximum absolute atomic E-state index is 4.73. The number of hydrogen-bond donors (Lipinski definition) is 0. The maximum Gasteiger partial charge on any atom is 0.0490 e. The number of hydrogen-bond acceptors (Lipinski definition) is 1. The van der Waals surface area contributed by atoms with Gasteiger partial charge in [0.05, 0.1) is 0 Å². The van der Waals surface area contributed by atoms with Gasteiger partial charge in [0.15, 0.2) is 0 Å². The van der Waals surface area contributed by atoms with Crippen LogP contribution in [-0.2, 0) is 6.42 Å². The van der Waals surface area contributed by atoms with Gasteiger partial charge in [-0.2, -0.15) is 0 Å².